The molecule has 0 spiro atoms. The van der Waals surface area contributed by atoms with Crippen LogP contribution in [0.15, 0.2) is 6.33 Å². The average Bonchev–Trinajstić information content (AvgIpc) is 2.80. The highest BCUT2D eigenvalue weighted by atomic mass is 15.3. The summed E-state index contributed by atoms with van der Waals surface area (Å²) in [6.07, 6.45) is 9.22. The van der Waals surface area contributed by atoms with Crippen LogP contribution in [-0.4, -0.2) is 14.8 Å². The van der Waals surface area contributed by atoms with Crippen LogP contribution < -0.4 is 5.73 Å². The third-order valence-corrected chi connectivity index (χ3v) is 3.79. The molecular weight excluding hydrogens is 200 g/mol. The molecular formula is C12H22N4. The van der Waals surface area contributed by atoms with E-state index in [9.17, 15) is 0 Å². The number of aromatic nitrogens is 3. The molecule has 1 heterocycles. The van der Waals surface area contributed by atoms with E-state index in [0.717, 1.165) is 12.2 Å². The molecule has 1 fully saturated rings. The molecule has 1 aromatic rings. The molecule has 1 aliphatic carbocycles. The molecule has 1 aromatic heterocycles. The quantitative estimate of drug-likeness (QED) is 0.854. The molecule has 0 aliphatic heterocycles. The van der Waals surface area contributed by atoms with Crippen molar-refractivity contribution in [1.82, 2.24) is 14.8 Å². The second-order valence-corrected chi connectivity index (χ2v) is 5.12. The Labute approximate surface area is 97.2 Å². The van der Waals surface area contributed by atoms with Gasteiger partial charge in [0.1, 0.15) is 6.33 Å². The lowest BCUT2D eigenvalue weighted by molar-refractivity contribution is 0.318. The summed E-state index contributed by atoms with van der Waals surface area (Å²) < 4.78 is 2.21. The first-order valence-corrected chi connectivity index (χ1v) is 6.34. The fourth-order valence-corrected chi connectivity index (χ4v) is 2.44. The minimum atomic E-state index is -0.353. The van der Waals surface area contributed by atoms with Gasteiger partial charge in [-0.25, -0.2) is 0 Å². The second-order valence-electron chi connectivity index (χ2n) is 5.12. The van der Waals surface area contributed by atoms with Gasteiger partial charge in [0.15, 0.2) is 5.82 Å². The van der Waals surface area contributed by atoms with Crippen LogP contribution in [0.1, 0.15) is 64.2 Å². The molecule has 0 aromatic carbocycles. The van der Waals surface area contributed by atoms with E-state index in [-0.39, 0.29) is 5.54 Å². The first-order chi connectivity index (χ1) is 7.65. The zero-order valence-corrected chi connectivity index (χ0v) is 10.3. The fourth-order valence-electron chi connectivity index (χ4n) is 2.44. The zero-order chi connectivity index (χ0) is 11.6. The van der Waals surface area contributed by atoms with Crippen molar-refractivity contribution in [2.24, 2.45) is 5.73 Å². The van der Waals surface area contributed by atoms with Crippen molar-refractivity contribution in [1.29, 1.82) is 0 Å². The van der Waals surface area contributed by atoms with E-state index < -0.39 is 0 Å². The molecule has 1 aliphatic rings. The van der Waals surface area contributed by atoms with Crippen molar-refractivity contribution in [3.63, 3.8) is 0 Å². The van der Waals surface area contributed by atoms with Gasteiger partial charge in [-0.1, -0.05) is 26.2 Å². The maximum atomic E-state index is 6.27. The van der Waals surface area contributed by atoms with E-state index in [4.69, 9.17) is 5.73 Å². The lowest BCUT2D eigenvalue weighted by atomic mass is 9.93. The van der Waals surface area contributed by atoms with E-state index in [1.54, 1.807) is 0 Å². The molecule has 0 amide bonds. The van der Waals surface area contributed by atoms with Crippen LogP contribution in [0.2, 0.25) is 0 Å². The van der Waals surface area contributed by atoms with Crippen LogP contribution in [0, 0.1) is 0 Å². The predicted molar refractivity (Wildman–Crippen MR) is 64.0 cm³/mol. The van der Waals surface area contributed by atoms with Gasteiger partial charge < -0.3 is 10.3 Å². The summed E-state index contributed by atoms with van der Waals surface area (Å²) in [4.78, 5) is 0. The maximum Gasteiger partial charge on any atom is 0.152 e. The van der Waals surface area contributed by atoms with Gasteiger partial charge in [-0.05, 0) is 26.2 Å². The van der Waals surface area contributed by atoms with Gasteiger partial charge in [0, 0.05) is 6.04 Å². The van der Waals surface area contributed by atoms with Crippen LogP contribution in [0.5, 0.6) is 0 Å². The molecule has 4 nitrogen and oxygen atoms in total. The largest absolute Gasteiger partial charge is 0.319 e. The maximum absolute atomic E-state index is 6.27. The Balaban J connectivity index is 2.24. The van der Waals surface area contributed by atoms with Crippen molar-refractivity contribution in [2.75, 3.05) is 0 Å². The molecule has 1 saturated carbocycles. The summed E-state index contributed by atoms with van der Waals surface area (Å²) in [6, 6.07) is 0.563. The van der Waals surface area contributed by atoms with Gasteiger partial charge in [-0.3, -0.25) is 0 Å². The molecule has 0 saturated heterocycles. The number of nitrogens with two attached hydrogens (primary N) is 1. The first-order valence-electron chi connectivity index (χ1n) is 6.34. The van der Waals surface area contributed by atoms with Crippen LogP contribution in [0.4, 0.5) is 0 Å². The van der Waals surface area contributed by atoms with E-state index in [0.29, 0.717) is 6.04 Å². The van der Waals surface area contributed by atoms with Gasteiger partial charge in [0.05, 0.1) is 5.54 Å². The van der Waals surface area contributed by atoms with Gasteiger partial charge in [0.2, 0.25) is 0 Å². The van der Waals surface area contributed by atoms with E-state index in [1.807, 2.05) is 13.3 Å². The van der Waals surface area contributed by atoms with Crippen molar-refractivity contribution < 1.29 is 0 Å². The molecule has 0 bridgehead atoms. The first kappa shape index (κ1) is 11.6. The average molecular weight is 222 g/mol. The van der Waals surface area contributed by atoms with Crippen LogP contribution >= 0.6 is 0 Å². The van der Waals surface area contributed by atoms with E-state index in [2.05, 4.69) is 21.7 Å². The number of nitrogens with zero attached hydrogens (tertiary/aromatic N) is 3. The molecule has 0 radical (unpaired) electrons. The Morgan fingerprint density at radius 3 is 2.75 bits per heavy atom. The monoisotopic (exact) mass is 222 g/mol. The Morgan fingerprint density at radius 2 is 2.12 bits per heavy atom. The molecule has 16 heavy (non-hydrogen) atoms. The Kier molecular flexibility index (Phi) is 3.28. The van der Waals surface area contributed by atoms with Crippen LogP contribution in [0.25, 0.3) is 0 Å². The number of rotatable bonds is 3. The van der Waals surface area contributed by atoms with Crippen molar-refractivity contribution >= 4 is 0 Å². The third-order valence-electron chi connectivity index (χ3n) is 3.79. The number of hydrogen-bond donors (Lipinski definition) is 1. The molecule has 90 valence electrons. The molecule has 1 atom stereocenters. The molecule has 4 heteroatoms. The van der Waals surface area contributed by atoms with Gasteiger partial charge in [-0.15, -0.1) is 10.2 Å². The Bertz CT molecular complexity index is 337. The summed E-state index contributed by atoms with van der Waals surface area (Å²) in [5, 5.41) is 8.27. The van der Waals surface area contributed by atoms with Crippen molar-refractivity contribution in [3.05, 3.63) is 12.2 Å². The molecule has 2 rings (SSSR count). The van der Waals surface area contributed by atoms with Crippen molar-refractivity contribution in [3.8, 4) is 0 Å². The highest BCUT2D eigenvalue weighted by Gasteiger charge is 2.28. The van der Waals surface area contributed by atoms with Gasteiger partial charge >= 0.3 is 0 Å². The van der Waals surface area contributed by atoms with Crippen LogP contribution in [-0.2, 0) is 5.54 Å². The van der Waals surface area contributed by atoms with Gasteiger partial charge in [-0.2, -0.15) is 0 Å². The Morgan fingerprint density at radius 1 is 1.44 bits per heavy atom. The standard InChI is InChI=1S/C12H22N4/c1-3-12(2,13)11-15-14-9-16(11)10-7-5-4-6-8-10/h9-10H,3-8,13H2,1-2H3. The topological polar surface area (TPSA) is 56.7 Å². The minimum absolute atomic E-state index is 0.353. The Hall–Kier alpha value is -0.900. The SMILES string of the molecule is CCC(C)(N)c1nncn1C1CCCCC1. The fraction of sp³-hybridized carbons (Fsp3) is 0.833. The predicted octanol–water partition coefficient (Wildman–Crippen LogP) is 2.37. The molecule has 2 N–H and O–H groups in total. The lowest BCUT2D eigenvalue weighted by Gasteiger charge is -2.29. The summed E-state index contributed by atoms with van der Waals surface area (Å²) in [5.41, 5.74) is 5.91. The molecule has 1 unspecified atom stereocenters. The summed E-state index contributed by atoms with van der Waals surface area (Å²) >= 11 is 0. The zero-order valence-electron chi connectivity index (χ0n) is 10.3. The van der Waals surface area contributed by atoms with Crippen LogP contribution in [0.3, 0.4) is 0 Å². The second kappa shape index (κ2) is 4.53. The third kappa shape index (κ3) is 2.12. The highest BCUT2D eigenvalue weighted by molar-refractivity contribution is 5.04. The summed E-state index contributed by atoms with van der Waals surface area (Å²) in [5.74, 6) is 0.946. The van der Waals surface area contributed by atoms with E-state index >= 15 is 0 Å². The van der Waals surface area contributed by atoms with Crippen molar-refractivity contribution in [2.45, 2.75) is 64.0 Å². The van der Waals surface area contributed by atoms with E-state index in [1.165, 1.54) is 32.1 Å². The highest BCUT2D eigenvalue weighted by Crippen LogP contribution is 2.31. The van der Waals surface area contributed by atoms with Gasteiger partial charge in [0.25, 0.3) is 0 Å². The number of hydrogen-bond acceptors (Lipinski definition) is 3. The minimum Gasteiger partial charge on any atom is -0.319 e. The lowest BCUT2D eigenvalue weighted by Crippen LogP contribution is -2.36. The normalized spacial score (nSPS) is 21.9. The summed E-state index contributed by atoms with van der Waals surface area (Å²) in [7, 11) is 0. The smallest absolute Gasteiger partial charge is 0.152 e. The summed E-state index contributed by atoms with van der Waals surface area (Å²) in [6.45, 7) is 4.14.